The van der Waals surface area contributed by atoms with Crippen molar-refractivity contribution >= 4 is 0 Å². The molecule has 1 atom stereocenters. The van der Waals surface area contributed by atoms with Gasteiger partial charge in [0.25, 0.3) is 0 Å². The third kappa shape index (κ3) is 1.68. The van der Waals surface area contributed by atoms with E-state index in [4.69, 9.17) is 5.11 Å². The molecule has 0 unspecified atom stereocenters. The van der Waals surface area contributed by atoms with Crippen LogP contribution in [-0.2, 0) is 0 Å². The molecule has 1 aliphatic carbocycles. The average Bonchev–Trinajstić information content (AvgIpc) is 1.90. The maximum Gasteiger partial charge on any atom is 0.0758 e. The molecule has 0 aromatic rings. The molecule has 1 N–H and O–H groups in total. The monoisotopic (exact) mass is 124 g/mol. The highest BCUT2D eigenvalue weighted by atomic mass is 16.3. The Kier molecular flexibility index (Phi) is 2.06. The smallest absolute Gasteiger partial charge is 0.0758 e. The molecular weight excluding hydrogens is 112 g/mol. The van der Waals surface area contributed by atoms with E-state index in [9.17, 15) is 0 Å². The number of hydrogen-bond donors (Lipinski definition) is 1. The summed E-state index contributed by atoms with van der Waals surface area (Å²) in [6.45, 7) is 1.79. The number of aliphatic hydroxyl groups is 1. The summed E-state index contributed by atoms with van der Waals surface area (Å²) in [5.74, 6) is 0. The summed E-state index contributed by atoms with van der Waals surface area (Å²) in [4.78, 5) is 0. The van der Waals surface area contributed by atoms with Crippen molar-refractivity contribution in [3.63, 3.8) is 0 Å². The minimum atomic E-state index is -0.290. The van der Waals surface area contributed by atoms with Crippen LogP contribution in [0, 0.1) is 0 Å². The first kappa shape index (κ1) is 6.56. The molecule has 0 amide bonds. The molecule has 9 heavy (non-hydrogen) atoms. The van der Waals surface area contributed by atoms with Crippen LogP contribution >= 0.6 is 0 Å². The Labute approximate surface area is 55.7 Å². The van der Waals surface area contributed by atoms with Crippen LogP contribution in [0.15, 0.2) is 23.8 Å². The summed E-state index contributed by atoms with van der Waals surface area (Å²) in [7, 11) is 0. The third-order valence-corrected chi connectivity index (χ3v) is 1.51. The zero-order valence-corrected chi connectivity index (χ0v) is 5.67. The normalized spacial score (nSPS) is 21.3. The lowest BCUT2D eigenvalue weighted by Gasteiger charge is -2.08. The summed E-state index contributed by atoms with van der Waals surface area (Å²) < 4.78 is 0. The molecule has 1 rings (SSSR count). The first-order valence-corrected chi connectivity index (χ1v) is 3.35. The van der Waals surface area contributed by atoms with Crippen LogP contribution in [0.1, 0.15) is 19.8 Å². The van der Waals surface area contributed by atoms with Crippen molar-refractivity contribution in [2.45, 2.75) is 25.9 Å². The highest BCUT2D eigenvalue weighted by molar-refractivity contribution is 5.24. The molecular formula is C8H12O. The molecule has 0 aliphatic heterocycles. The standard InChI is InChI=1S/C8H12O/c1-7(9)8-5-3-2-4-6-8/h3,5-7,9H,2,4H2,1H3/t7-/m0/s1. The average molecular weight is 124 g/mol. The molecule has 0 fully saturated rings. The summed E-state index contributed by atoms with van der Waals surface area (Å²) >= 11 is 0. The molecule has 0 saturated carbocycles. The van der Waals surface area contributed by atoms with Gasteiger partial charge in [-0.05, 0) is 25.3 Å². The van der Waals surface area contributed by atoms with Gasteiger partial charge in [-0.2, -0.15) is 0 Å². The maximum absolute atomic E-state index is 9.06. The van der Waals surface area contributed by atoms with Crippen molar-refractivity contribution in [1.29, 1.82) is 0 Å². The predicted molar refractivity (Wildman–Crippen MR) is 38.1 cm³/mol. The molecule has 1 heteroatoms. The van der Waals surface area contributed by atoms with Gasteiger partial charge in [0.05, 0.1) is 6.10 Å². The van der Waals surface area contributed by atoms with Gasteiger partial charge in [0, 0.05) is 0 Å². The van der Waals surface area contributed by atoms with Crippen molar-refractivity contribution in [2.75, 3.05) is 0 Å². The van der Waals surface area contributed by atoms with Gasteiger partial charge in [-0.15, -0.1) is 0 Å². The van der Waals surface area contributed by atoms with E-state index in [1.807, 2.05) is 6.08 Å². The first-order chi connectivity index (χ1) is 4.30. The Bertz CT molecular complexity index is 143. The van der Waals surface area contributed by atoms with Gasteiger partial charge in [0.1, 0.15) is 0 Å². The van der Waals surface area contributed by atoms with E-state index in [2.05, 4.69) is 12.2 Å². The Hall–Kier alpha value is -0.560. The van der Waals surface area contributed by atoms with Crippen LogP contribution in [0.4, 0.5) is 0 Å². The van der Waals surface area contributed by atoms with E-state index in [0.717, 1.165) is 18.4 Å². The quantitative estimate of drug-likeness (QED) is 0.563. The van der Waals surface area contributed by atoms with Crippen molar-refractivity contribution in [3.05, 3.63) is 23.8 Å². The zero-order valence-electron chi connectivity index (χ0n) is 5.67. The van der Waals surface area contributed by atoms with E-state index in [0.29, 0.717) is 0 Å². The SMILES string of the molecule is C[C@H](O)C1=CCCC=C1. The van der Waals surface area contributed by atoms with Crippen molar-refractivity contribution in [2.24, 2.45) is 0 Å². The molecule has 1 nitrogen and oxygen atoms in total. The molecule has 50 valence electrons. The summed E-state index contributed by atoms with van der Waals surface area (Å²) in [5, 5.41) is 9.06. The predicted octanol–water partition coefficient (Wildman–Crippen LogP) is 1.64. The summed E-state index contributed by atoms with van der Waals surface area (Å²) in [6, 6.07) is 0. The van der Waals surface area contributed by atoms with E-state index < -0.39 is 0 Å². The number of hydrogen-bond acceptors (Lipinski definition) is 1. The van der Waals surface area contributed by atoms with Crippen LogP contribution in [0.3, 0.4) is 0 Å². The zero-order chi connectivity index (χ0) is 6.69. The van der Waals surface area contributed by atoms with Crippen LogP contribution in [0.5, 0.6) is 0 Å². The summed E-state index contributed by atoms with van der Waals surface area (Å²) in [6.07, 6.45) is 8.09. The fourth-order valence-corrected chi connectivity index (χ4v) is 0.943. The van der Waals surface area contributed by atoms with Crippen molar-refractivity contribution < 1.29 is 5.11 Å². The van der Waals surface area contributed by atoms with Crippen LogP contribution in [-0.4, -0.2) is 11.2 Å². The van der Waals surface area contributed by atoms with Crippen molar-refractivity contribution in [3.8, 4) is 0 Å². The lowest BCUT2D eigenvalue weighted by Crippen LogP contribution is -2.03. The molecule has 0 heterocycles. The summed E-state index contributed by atoms with van der Waals surface area (Å²) in [5.41, 5.74) is 1.06. The molecule has 0 radical (unpaired) electrons. The van der Waals surface area contributed by atoms with E-state index in [1.165, 1.54) is 0 Å². The molecule has 0 bridgehead atoms. The van der Waals surface area contributed by atoms with Gasteiger partial charge >= 0.3 is 0 Å². The van der Waals surface area contributed by atoms with Crippen molar-refractivity contribution in [1.82, 2.24) is 0 Å². The Morgan fingerprint density at radius 3 is 2.67 bits per heavy atom. The lowest BCUT2D eigenvalue weighted by atomic mass is 10.0. The number of aliphatic hydroxyl groups excluding tert-OH is 1. The maximum atomic E-state index is 9.06. The Morgan fingerprint density at radius 2 is 2.33 bits per heavy atom. The highest BCUT2D eigenvalue weighted by Crippen LogP contribution is 2.12. The van der Waals surface area contributed by atoms with Gasteiger partial charge in [0.2, 0.25) is 0 Å². The Morgan fingerprint density at radius 1 is 1.56 bits per heavy atom. The minimum absolute atomic E-state index is 0.290. The largest absolute Gasteiger partial charge is 0.389 e. The van der Waals surface area contributed by atoms with E-state index in [1.54, 1.807) is 6.92 Å². The molecule has 0 aromatic heterocycles. The van der Waals surface area contributed by atoms with Gasteiger partial charge < -0.3 is 5.11 Å². The van der Waals surface area contributed by atoms with E-state index in [-0.39, 0.29) is 6.10 Å². The third-order valence-electron chi connectivity index (χ3n) is 1.51. The van der Waals surface area contributed by atoms with Crippen LogP contribution < -0.4 is 0 Å². The highest BCUT2D eigenvalue weighted by Gasteiger charge is 2.01. The van der Waals surface area contributed by atoms with Gasteiger partial charge in [-0.25, -0.2) is 0 Å². The first-order valence-electron chi connectivity index (χ1n) is 3.35. The molecule has 0 aromatic carbocycles. The second kappa shape index (κ2) is 2.83. The fraction of sp³-hybridized carbons (Fsp3) is 0.500. The van der Waals surface area contributed by atoms with Gasteiger partial charge in [-0.3, -0.25) is 0 Å². The van der Waals surface area contributed by atoms with Gasteiger partial charge in [-0.1, -0.05) is 18.2 Å². The number of allylic oxidation sites excluding steroid dienone is 2. The van der Waals surface area contributed by atoms with Crippen LogP contribution in [0.2, 0.25) is 0 Å². The van der Waals surface area contributed by atoms with Crippen LogP contribution in [0.25, 0.3) is 0 Å². The topological polar surface area (TPSA) is 20.2 Å². The van der Waals surface area contributed by atoms with Gasteiger partial charge in [0.15, 0.2) is 0 Å². The molecule has 1 aliphatic rings. The molecule has 0 saturated heterocycles. The minimum Gasteiger partial charge on any atom is -0.389 e. The second-order valence-corrected chi connectivity index (χ2v) is 2.36. The molecule has 0 spiro atoms. The van der Waals surface area contributed by atoms with E-state index >= 15 is 0 Å². The lowest BCUT2D eigenvalue weighted by molar-refractivity contribution is 0.234. The number of rotatable bonds is 1. The fourth-order valence-electron chi connectivity index (χ4n) is 0.943. The Balaban J connectivity index is 2.58. The second-order valence-electron chi connectivity index (χ2n) is 2.36.